The van der Waals surface area contributed by atoms with Crippen molar-refractivity contribution in [3.8, 4) is 5.75 Å². The van der Waals surface area contributed by atoms with Gasteiger partial charge in [0, 0.05) is 27.3 Å². The molecule has 112 valence electrons. The molecule has 0 spiro atoms. The van der Waals surface area contributed by atoms with Gasteiger partial charge < -0.3 is 15.2 Å². The van der Waals surface area contributed by atoms with Crippen molar-refractivity contribution < 1.29 is 9.84 Å². The molecular weight excluding hydrogens is 354 g/mol. The van der Waals surface area contributed by atoms with Crippen LogP contribution in [0, 0.1) is 0 Å². The van der Waals surface area contributed by atoms with Crippen LogP contribution in [0.5, 0.6) is 5.75 Å². The van der Waals surface area contributed by atoms with Crippen LogP contribution in [-0.4, -0.2) is 11.7 Å². The average Bonchev–Trinajstić information content (AvgIpc) is 2.49. The van der Waals surface area contributed by atoms with Crippen LogP contribution in [-0.2, 0) is 13.2 Å². The van der Waals surface area contributed by atoms with Gasteiger partial charge in [0.2, 0.25) is 0 Å². The third kappa shape index (κ3) is 4.37. The fourth-order valence-electron chi connectivity index (χ4n) is 1.99. The Balaban J connectivity index is 2.11. The fourth-order valence-corrected chi connectivity index (χ4v) is 2.57. The molecule has 2 aromatic rings. The number of benzene rings is 2. The molecule has 3 nitrogen and oxygen atoms in total. The van der Waals surface area contributed by atoms with Crippen molar-refractivity contribution in [2.75, 3.05) is 11.9 Å². The molecule has 21 heavy (non-hydrogen) atoms. The van der Waals surface area contributed by atoms with Gasteiger partial charge in [0.05, 0.1) is 13.2 Å². The number of hydrogen-bond acceptors (Lipinski definition) is 3. The number of halogens is 2. The largest absolute Gasteiger partial charge is 0.494 e. The normalized spacial score (nSPS) is 10.5. The third-order valence-electron chi connectivity index (χ3n) is 3.02. The summed E-state index contributed by atoms with van der Waals surface area (Å²) in [6, 6.07) is 11.4. The van der Waals surface area contributed by atoms with Crippen LogP contribution in [0.15, 0.2) is 40.9 Å². The lowest BCUT2D eigenvalue weighted by molar-refractivity contribution is 0.267. The molecule has 0 unspecified atom stereocenters. The summed E-state index contributed by atoms with van der Waals surface area (Å²) in [4.78, 5) is 0. The minimum Gasteiger partial charge on any atom is -0.494 e. The van der Waals surface area contributed by atoms with Gasteiger partial charge in [-0.1, -0.05) is 27.5 Å². The standard InChI is InChI=1S/C16H17BrClNO2/c1-2-21-16-6-4-14(8-12(16)10-20)19-9-11-7-13(18)3-5-15(11)17/h3-8,19-20H,2,9-10H2,1H3. The maximum atomic E-state index is 9.40. The smallest absolute Gasteiger partial charge is 0.124 e. The molecule has 2 N–H and O–H groups in total. The lowest BCUT2D eigenvalue weighted by Gasteiger charge is -2.13. The van der Waals surface area contributed by atoms with Crippen molar-refractivity contribution in [2.45, 2.75) is 20.1 Å². The van der Waals surface area contributed by atoms with Gasteiger partial charge in [0.15, 0.2) is 0 Å². The maximum Gasteiger partial charge on any atom is 0.124 e. The highest BCUT2D eigenvalue weighted by Crippen LogP contribution is 2.25. The second kappa shape index (κ2) is 7.69. The minimum absolute atomic E-state index is 0.0499. The van der Waals surface area contributed by atoms with Crippen molar-refractivity contribution in [1.29, 1.82) is 0 Å². The van der Waals surface area contributed by atoms with Crippen LogP contribution >= 0.6 is 27.5 Å². The molecule has 0 aromatic heterocycles. The number of rotatable bonds is 6. The van der Waals surface area contributed by atoms with Crippen LogP contribution in [0.2, 0.25) is 5.02 Å². The van der Waals surface area contributed by atoms with E-state index in [9.17, 15) is 5.11 Å². The Morgan fingerprint density at radius 2 is 2.00 bits per heavy atom. The van der Waals surface area contributed by atoms with Crippen LogP contribution < -0.4 is 10.1 Å². The van der Waals surface area contributed by atoms with Crippen LogP contribution in [0.1, 0.15) is 18.1 Å². The van der Waals surface area contributed by atoms with E-state index in [1.54, 1.807) is 0 Å². The number of ether oxygens (including phenoxy) is 1. The zero-order chi connectivity index (χ0) is 15.2. The van der Waals surface area contributed by atoms with Crippen LogP contribution in [0.4, 0.5) is 5.69 Å². The lowest BCUT2D eigenvalue weighted by Crippen LogP contribution is -2.02. The topological polar surface area (TPSA) is 41.5 Å². The molecule has 0 saturated heterocycles. The summed E-state index contributed by atoms with van der Waals surface area (Å²) in [5.41, 5.74) is 2.77. The molecule has 0 aliphatic rings. The summed E-state index contributed by atoms with van der Waals surface area (Å²) in [5, 5.41) is 13.4. The predicted molar refractivity (Wildman–Crippen MR) is 90.0 cm³/mol. The SMILES string of the molecule is CCOc1ccc(NCc2cc(Cl)ccc2Br)cc1CO. The van der Waals surface area contributed by atoms with Crippen LogP contribution in [0.3, 0.4) is 0 Å². The highest BCUT2D eigenvalue weighted by atomic mass is 79.9. The van der Waals surface area contributed by atoms with Gasteiger partial charge in [0.1, 0.15) is 5.75 Å². The predicted octanol–water partition coefficient (Wildman–Crippen LogP) is 4.61. The molecular formula is C16H17BrClNO2. The van der Waals surface area contributed by atoms with Crippen molar-refractivity contribution in [1.82, 2.24) is 0 Å². The molecule has 2 aromatic carbocycles. The number of hydrogen-bond donors (Lipinski definition) is 2. The van der Waals surface area contributed by atoms with E-state index in [0.29, 0.717) is 18.2 Å². The highest BCUT2D eigenvalue weighted by molar-refractivity contribution is 9.10. The Hall–Kier alpha value is -1.23. The van der Waals surface area contributed by atoms with Gasteiger partial charge in [-0.25, -0.2) is 0 Å². The maximum absolute atomic E-state index is 9.40. The second-order valence-corrected chi connectivity index (χ2v) is 5.79. The molecule has 0 aliphatic heterocycles. The van der Waals surface area contributed by atoms with E-state index >= 15 is 0 Å². The van der Waals surface area contributed by atoms with Gasteiger partial charge in [-0.15, -0.1) is 0 Å². The Morgan fingerprint density at radius 3 is 2.71 bits per heavy atom. The molecule has 5 heteroatoms. The van der Waals surface area contributed by atoms with Crippen LogP contribution in [0.25, 0.3) is 0 Å². The summed E-state index contributed by atoms with van der Waals surface area (Å²) in [6.07, 6.45) is 0. The summed E-state index contributed by atoms with van der Waals surface area (Å²) >= 11 is 9.51. The zero-order valence-electron chi connectivity index (χ0n) is 11.7. The van der Waals surface area contributed by atoms with E-state index in [1.807, 2.05) is 43.3 Å². The van der Waals surface area contributed by atoms with Crippen molar-refractivity contribution in [3.63, 3.8) is 0 Å². The van der Waals surface area contributed by atoms with Crippen molar-refractivity contribution in [3.05, 3.63) is 57.0 Å². The molecule has 0 atom stereocenters. The Kier molecular flexibility index (Phi) is 5.91. The van der Waals surface area contributed by atoms with E-state index in [4.69, 9.17) is 16.3 Å². The minimum atomic E-state index is -0.0499. The van der Waals surface area contributed by atoms with Gasteiger partial charge in [-0.2, -0.15) is 0 Å². The third-order valence-corrected chi connectivity index (χ3v) is 4.03. The molecule has 0 aliphatic carbocycles. The molecule has 0 bridgehead atoms. The molecule has 0 amide bonds. The Bertz CT molecular complexity index is 619. The Labute approximate surface area is 138 Å². The molecule has 0 saturated carbocycles. The van der Waals surface area contributed by atoms with E-state index in [2.05, 4.69) is 21.2 Å². The molecule has 0 fully saturated rings. The van der Waals surface area contributed by atoms with E-state index in [0.717, 1.165) is 27.0 Å². The van der Waals surface area contributed by atoms with E-state index < -0.39 is 0 Å². The van der Waals surface area contributed by atoms with Crippen molar-refractivity contribution >= 4 is 33.2 Å². The number of anilines is 1. The molecule has 0 radical (unpaired) electrons. The monoisotopic (exact) mass is 369 g/mol. The lowest BCUT2D eigenvalue weighted by atomic mass is 10.1. The average molecular weight is 371 g/mol. The molecule has 2 rings (SSSR count). The first-order chi connectivity index (χ1) is 10.1. The molecule has 0 heterocycles. The quantitative estimate of drug-likeness (QED) is 0.780. The summed E-state index contributed by atoms with van der Waals surface area (Å²) in [6.45, 7) is 3.09. The van der Waals surface area contributed by atoms with Crippen molar-refractivity contribution in [2.24, 2.45) is 0 Å². The first kappa shape index (κ1) is 16.1. The van der Waals surface area contributed by atoms with Gasteiger partial charge in [-0.05, 0) is 48.9 Å². The van der Waals surface area contributed by atoms with E-state index in [1.165, 1.54) is 0 Å². The first-order valence-electron chi connectivity index (χ1n) is 6.68. The Morgan fingerprint density at radius 1 is 1.19 bits per heavy atom. The summed E-state index contributed by atoms with van der Waals surface area (Å²) in [7, 11) is 0. The number of aliphatic hydroxyl groups excluding tert-OH is 1. The van der Waals surface area contributed by atoms with Gasteiger partial charge in [0.25, 0.3) is 0 Å². The number of aliphatic hydroxyl groups is 1. The highest BCUT2D eigenvalue weighted by Gasteiger charge is 2.05. The van der Waals surface area contributed by atoms with Gasteiger partial charge in [-0.3, -0.25) is 0 Å². The van der Waals surface area contributed by atoms with E-state index in [-0.39, 0.29) is 6.61 Å². The fraction of sp³-hybridized carbons (Fsp3) is 0.250. The first-order valence-corrected chi connectivity index (χ1v) is 7.85. The van der Waals surface area contributed by atoms with Gasteiger partial charge >= 0.3 is 0 Å². The number of nitrogens with one attached hydrogen (secondary N) is 1. The zero-order valence-corrected chi connectivity index (χ0v) is 14.0. The summed E-state index contributed by atoms with van der Waals surface area (Å²) < 4.78 is 6.47. The summed E-state index contributed by atoms with van der Waals surface area (Å²) in [5.74, 6) is 0.717. The second-order valence-electron chi connectivity index (χ2n) is 4.50.